The standard InChI is InChI=1S/C56H86N8O7/c1-4-6-8-10-12-14-16-18-20-22-24-26-28-30-32-34-48(65)70-50(67)41-40-47(55(69)71-49(66)35-33-31-29-27-25-23-21-19-17-15-13-11-9-7-5-2)61-54(68)44-36-38-46(39-37-44)64(3)43-45-42-59-53-51(60-45)52(57)62-56(58)63-53/h18-21,36-39,42,47H,4-17,22-35,40-41,43H2,1-3H3,(H,61,68)(H4,57,58,59,62,63). The van der Waals surface area contributed by atoms with Crippen molar-refractivity contribution in [2.24, 2.45) is 0 Å². The molecule has 392 valence electrons. The first-order valence-corrected chi connectivity index (χ1v) is 26.9. The predicted octanol–water partition coefficient (Wildman–Crippen LogP) is 12.3. The van der Waals surface area contributed by atoms with Crippen LogP contribution < -0.4 is 21.7 Å². The van der Waals surface area contributed by atoms with Crippen LogP contribution in [0.4, 0.5) is 17.5 Å². The zero-order chi connectivity index (χ0) is 51.3. The number of benzene rings is 1. The van der Waals surface area contributed by atoms with Crippen LogP contribution in [0.15, 0.2) is 54.8 Å². The number of ether oxygens (including phenoxy) is 2. The van der Waals surface area contributed by atoms with Gasteiger partial charge in [0, 0.05) is 37.6 Å². The Morgan fingerprint density at radius 3 is 1.58 bits per heavy atom. The molecule has 0 bridgehead atoms. The molecule has 3 rings (SSSR count). The number of unbranched alkanes of at least 4 members (excludes halogenated alkanes) is 22. The van der Waals surface area contributed by atoms with E-state index >= 15 is 0 Å². The number of fused-ring (bicyclic) bond motifs is 1. The summed E-state index contributed by atoms with van der Waals surface area (Å²) < 4.78 is 10.3. The Hall–Kier alpha value is -5.73. The van der Waals surface area contributed by atoms with E-state index in [0.29, 0.717) is 30.6 Å². The first-order valence-electron chi connectivity index (χ1n) is 26.9. The molecule has 0 spiro atoms. The summed E-state index contributed by atoms with van der Waals surface area (Å²) >= 11 is 0. The van der Waals surface area contributed by atoms with Crippen LogP contribution in [0.25, 0.3) is 11.2 Å². The number of nitrogen functional groups attached to an aromatic ring is 2. The molecule has 0 aliphatic carbocycles. The molecular formula is C56H86N8O7. The number of esters is 4. The molecule has 15 heteroatoms. The molecule has 0 fully saturated rings. The number of hydrogen-bond acceptors (Lipinski definition) is 14. The van der Waals surface area contributed by atoms with Gasteiger partial charge in [-0.1, -0.05) is 141 Å². The van der Waals surface area contributed by atoms with E-state index in [4.69, 9.17) is 20.9 Å². The van der Waals surface area contributed by atoms with Crippen LogP contribution >= 0.6 is 0 Å². The Labute approximate surface area is 424 Å². The minimum atomic E-state index is -1.35. The molecule has 71 heavy (non-hydrogen) atoms. The highest BCUT2D eigenvalue weighted by atomic mass is 16.6. The van der Waals surface area contributed by atoms with Gasteiger partial charge < -0.3 is 31.2 Å². The lowest BCUT2D eigenvalue weighted by Crippen LogP contribution is -2.43. The molecule has 1 atom stereocenters. The Morgan fingerprint density at radius 1 is 0.592 bits per heavy atom. The SMILES string of the molecule is CCCCCCCCC=CCCCCCCCC(=O)OC(=O)CCC(NC(=O)c1ccc(N(C)Cc2cnc3nc(N)nc(N)c3n2)cc1)C(=O)OC(=O)CCCCCCCC=CCCCCCCCC. The number of nitrogens with one attached hydrogen (secondary N) is 1. The molecule has 0 aliphatic rings. The molecule has 1 unspecified atom stereocenters. The number of amides is 1. The monoisotopic (exact) mass is 983 g/mol. The fraction of sp³-hybridized carbons (Fsp3) is 0.625. The van der Waals surface area contributed by atoms with Crippen molar-refractivity contribution in [3.63, 3.8) is 0 Å². The van der Waals surface area contributed by atoms with E-state index < -0.39 is 35.8 Å². The van der Waals surface area contributed by atoms with Gasteiger partial charge in [-0.05, 0) is 94.9 Å². The van der Waals surface area contributed by atoms with Crippen molar-refractivity contribution in [3.8, 4) is 0 Å². The van der Waals surface area contributed by atoms with Gasteiger partial charge in [-0.2, -0.15) is 9.97 Å². The molecule has 3 aromatic rings. The van der Waals surface area contributed by atoms with Crippen LogP contribution in [0, 0.1) is 0 Å². The smallest absolute Gasteiger partial charge is 0.336 e. The maximum absolute atomic E-state index is 13.5. The topological polar surface area (TPSA) is 223 Å². The van der Waals surface area contributed by atoms with Gasteiger partial charge in [-0.15, -0.1) is 0 Å². The molecule has 1 amide bonds. The molecule has 0 radical (unpaired) electrons. The third-order valence-electron chi connectivity index (χ3n) is 12.4. The number of aromatic nitrogens is 4. The van der Waals surface area contributed by atoms with E-state index in [2.05, 4.69) is 63.4 Å². The molecule has 0 aliphatic heterocycles. The second-order valence-electron chi connectivity index (χ2n) is 18.8. The quantitative estimate of drug-likeness (QED) is 0.0209. The first kappa shape index (κ1) is 59.6. The Balaban J connectivity index is 1.45. The van der Waals surface area contributed by atoms with E-state index in [-0.39, 0.29) is 48.7 Å². The zero-order valence-corrected chi connectivity index (χ0v) is 43.4. The molecule has 2 aromatic heterocycles. The summed E-state index contributed by atoms with van der Waals surface area (Å²) in [6.45, 7) is 4.81. The third-order valence-corrected chi connectivity index (χ3v) is 12.4. The van der Waals surface area contributed by atoms with Gasteiger partial charge in [0.2, 0.25) is 5.95 Å². The lowest BCUT2D eigenvalue weighted by atomic mass is 10.1. The highest BCUT2D eigenvalue weighted by molar-refractivity contribution is 5.98. The number of hydrogen-bond donors (Lipinski definition) is 3. The van der Waals surface area contributed by atoms with Crippen molar-refractivity contribution in [1.29, 1.82) is 0 Å². The van der Waals surface area contributed by atoms with Crippen LogP contribution in [-0.4, -0.2) is 62.8 Å². The van der Waals surface area contributed by atoms with Crippen molar-refractivity contribution >= 4 is 58.4 Å². The van der Waals surface area contributed by atoms with Gasteiger partial charge >= 0.3 is 23.9 Å². The summed E-state index contributed by atoms with van der Waals surface area (Å²) in [5.74, 6) is -3.62. The van der Waals surface area contributed by atoms with Crippen LogP contribution in [-0.2, 0) is 35.2 Å². The van der Waals surface area contributed by atoms with E-state index in [1.54, 1.807) is 30.5 Å². The number of carbonyl (C=O) groups is 5. The number of carbonyl (C=O) groups excluding carboxylic acids is 5. The lowest BCUT2D eigenvalue weighted by Gasteiger charge is -2.20. The summed E-state index contributed by atoms with van der Waals surface area (Å²) in [6.07, 6.45) is 39.4. The molecule has 0 saturated heterocycles. The van der Waals surface area contributed by atoms with Gasteiger partial charge in [-0.25, -0.2) is 14.8 Å². The maximum atomic E-state index is 13.5. The van der Waals surface area contributed by atoms with Crippen molar-refractivity contribution in [3.05, 3.63) is 66.0 Å². The van der Waals surface area contributed by atoms with Crippen molar-refractivity contribution < 1.29 is 33.4 Å². The first-order chi connectivity index (χ1) is 34.5. The largest absolute Gasteiger partial charge is 0.393 e. The summed E-state index contributed by atoms with van der Waals surface area (Å²) in [7, 11) is 1.84. The Bertz CT molecular complexity index is 2080. The highest BCUT2D eigenvalue weighted by Gasteiger charge is 2.27. The van der Waals surface area contributed by atoms with Crippen LogP contribution in [0.3, 0.4) is 0 Å². The number of allylic oxidation sites excluding steroid dienone is 4. The molecule has 15 nitrogen and oxygen atoms in total. The zero-order valence-electron chi connectivity index (χ0n) is 43.4. The fourth-order valence-electron chi connectivity index (χ4n) is 8.16. The van der Waals surface area contributed by atoms with E-state index in [1.165, 1.54) is 77.0 Å². The summed E-state index contributed by atoms with van der Waals surface area (Å²) in [4.78, 5) is 83.8. The second kappa shape index (κ2) is 37.1. The number of rotatable bonds is 39. The molecule has 2 heterocycles. The molecule has 0 saturated carbocycles. The van der Waals surface area contributed by atoms with Gasteiger partial charge in [-0.3, -0.25) is 19.2 Å². The van der Waals surface area contributed by atoms with Gasteiger partial charge in [0.15, 0.2) is 17.0 Å². The Kier molecular flexibility index (Phi) is 31.1. The van der Waals surface area contributed by atoms with Gasteiger partial charge in [0.1, 0.15) is 6.04 Å². The van der Waals surface area contributed by atoms with Crippen LogP contribution in [0.1, 0.15) is 223 Å². The summed E-state index contributed by atoms with van der Waals surface area (Å²) in [5, 5.41) is 2.63. The summed E-state index contributed by atoms with van der Waals surface area (Å²) in [5.41, 5.74) is 13.9. The fourth-order valence-corrected chi connectivity index (χ4v) is 8.16. The average molecular weight is 983 g/mol. The predicted molar refractivity (Wildman–Crippen MR) is 284 cm³/mol. The van der Waals surface area contributed by atoms with Crippen molar-refractivity contribution in [1.82, 2.24) is 25.3 Å². The number of nitrogens with two attached hydrogens (primary N) is 2. The minimum absolute atomic E-state index is 0.00703. The van der Waals surface area contributed by atoms with Crippen LogP contribution in [0.2, 0.25) is 0 Å². The maximum Gasteiger partial charge on any atom is 0.336 e. The normalized spacial score (nSPS) is 11.9. The highest BCUT2D eigenvalue weighted by Crippen LogP contribution is 2.20. The molecular weight excluding hydrogens is 897 g/mol. The second-order valence-corrected chi connectivity index (χ2v) is 18.8. The van der Waals surface area contributed by atoms with Gasteiger partial charge in [0.05, 0.1) is 18.4 Å². The molecule has 5 N–H and O–H groups in total. The van der Waals surface area contributed by atoms with Crippen LogP contribution in [0.5, 0.6) is 0 Å². The number of anilines is 3. The van der Waals surface area contributed by atoms with E-state index in [9.17, 15) is 24.0 Å². The number of nitrogens with zero attached hydrogens (tertiary/aromatic N) is 5. The molecule has 1 aromatic carbocycles. The Morgan fingerprint density at radius 2 is 1.06 bits per heavy atom. The minimum Gasteiger partial charge on any atom is -0.393 e. The van der Waals surface area contributed by atoms with E-state index in [1.807, 2.05) is 11.9 Å². The third kappa shape index (κ3) is 26.9. The van der Waals surface area contributed by atoms with Gasteiger partial charge in [0.25, 0.3) is 5.91 Å². The lowest BCUT2D eigenvalue weighted by molar-refractivity contribution is -0.161. The summed E-state index contributed by atoms with van der Waals surface area (Å²) in [6, 6.07) is 5.28. The van der Waals surface area contributed by atoms with E-state index in [0.717, 1.165) is 82.7 Å². The average Bonchev–Trinajstić information content (AvgIpc) is 3.35. The van der Waals surface area contributed by atoms with Crippen molar-refractivity contribution in [2.75, 3.05) is 23.4 Å². The van der Waals surface area contributed by atoms with Crippen molar-refractivity contribution in [2.45, 2.75) is 219 Å².